The Bertz CT molecular complexity index is 1270. The summed E-state index contributed by atoms with van der Waals surface area (Å²) < 4.78 is 27.9. The first kappa shape index (κ1) is 23.5. The van der Waals surface area contributed by atoms with Crippen LogP contribution in [0.25, 0.3) is 10.9 Å². The summed E-state index contributed by atoms with van der Waals surface area (Å²) in [5.41, 5.74) is 5.68. The SMILES string of the molecule is CCS(=O)(=O)N1CCC[C@@H](C(=O)N/N=C\c2cn(Cc3ccc(Cl)cc3)c3ccccc23)C1. The molecule has 1 saturated heterocycles. The van der Waals surface area contributed by atoms with Gasteiger partial charge in [-0.15, -0.1) is 0 Å². The monoisotopic (exact) mass is 486 g/mol. The van der Waals surface area contributed by atoms with Crippen LogP contribution in [0.15, 0.2) is 59.8 Å². The molecule has 0 spiro atoms. The van der Waals surface area contributed by atoms with Crippen molar-refractivity contribution in [3.63, 3.8) is 0 Å². The largest absolute Gasteiger partial charge is 0.342 e. The van der Waals surface area contributed by atoms with E-state index in [9.17, 15) is 13.2 Å². The van der Waals surface area contributed by atoms with Crippen molar-refractivity contribution in [1.82, 2.24) is 14.3 Å². The minimum absolute atomic E-state index is 0.0412. The zero-order valence-electron chi connectivity index (χ0n) is 18.4. The maximum absolute atomic E-state index is 12.6. The Morgan fingerprint density at radius 2 is 1.97 bits per heavy atom. The van der Waals surface area contributed by atoms with Crippen molar-refractivity contribution in [3.05, 3.63) is 70.9 Å². The van der Waals surface area contributed by atoms with Gasteiger partial charge in [0.1, 0.15) is 0 Å². The molecule has 1 atom stereocenters. The highest BCUT2D eigenvalue weighted by atomic mass is 35.5. The predicted molar refractivity (Wildman–Crippen MR) is 132 cm³/mol. The molecule has 1 aromatic heterocycles. The molecule has 1 amide bonds. The summed E-state index contributed by atoms with van der Waals surface area (Å²) in [7, 11) is -3.30. The molecular weight excluding hydrogens is 460 g/mol. The summed E-state index contributed by atoms with van der Waals surface area (Å²) in [6.07, 6.45) is 4.96. The van der Waals surface area contributed by atoms with Gasteiger partial charge in [0.2, 0.25) is 15.9 Å². The van der Waals surface area contributed by atoms with Gasteiger partial charge in [0.25, 0.3) is 0 Å². The van der Waals surface area contributed by atoms with E-state index < -0.39 is 15.9 Å². The Morgan fingerprint density at radius 1 is 1.21 bits per heavy atom. The van der Waals surface area contributed by atoms with E-state index in [2.05, 4.69) is 15.1 Å². The number of carbonyl (C=O) groups excluding carboxylic acids is 1. The number of nitrogens with one attached hydrogen (secondary N) is 1. The number of hydrazone groups is 1. The van der Waals surface area contributed by atoms with Crippen molar-refractivity contribution in [1.29, 1.82) is 0 Å². The Balaban J connectivity index is 1.47. The molecular formula is C24H27ClN4O3S. The molecule has 4 rings (SSSR count). The van der Waals surface area contributed by atoms with Gasteiger partial charge < -0.3 is 4.57 Å². The van der Waals surface area contributed by atoms with Gasteiger partial charge in [0.15, 0.2) is 0 Å². The Kier molecular flexibility index (Phi) is 7.17. The number of amides is 1. The van der Waals surface area contributed by atoms with Crippen LogP contribution < -0.4 is 5.43 Å². The van der Waals surface area contributed by atoms with Gasteiger partial charge in [-0.3, -0.25) is 4.79 Å². The van der Waals surface area contributed by atoms with Crippen molar-refractivity contribution < 1.29 is 13.2 Å². The highest BCUT2D eigenvalue weighted by molar-refractivity contribution is 7.89. The van der Waals surface area contributed by atoms with Gasteiger partial charge in [-0.1, -0.05) is 41.9 Å². The molecule has 1 aliphatic heterocycles. The van der Waals surface area contributed by atoms with Crippen LogP contribution in [0.4, 0.5) is 0 Å². The number of aromatic nitrogens is 1. The summed E-state index contributed by atoms with van der Waals surface area (Å²) in [4.78, 5) is 12.6. The van der Waals surface area contributed by atoms with Crippen LogP contribution in [0.5, 0.6) is 0 Å². The second-order valence-electron chi connectivity index (χ2n) is 8.19. The van der Waals surface area contributed by atoms with Crippen LogP contribution in [0.1, 0.15) is 30.9 Å². The molecule has 2 heterocycles. The zero-order valence-corrected chi connectivity index (χ0v) is 20.0. The lowest BCUT2D eigenvalue weighted by atomic mass is 9.99. The van der Waals surface area contributed by atoms with E-state index in [1.165, 1.54) is 4.31 Å². The molecule has 0 bridgehead atoms. The number of sulfonamides is 1. The molecule has 2 aromatic carbocycles. The van der Waals surface area contributed by atoms with E-state index in [0.29, 0.717) is 31.0 Å². The summed E-state index contributed by atoms with van der Waals surface area (Å²) in [6, 6.07) is 15.8. The molecule has 0 aliphatic carbocycles. The molecule has 1 N–H and O–H groups in total. The minimum atomic E-state index is -3.30. The lowest BCUT2D eigenvalue weighted by molar-refractivity contribution is -0.126. The summed E-state index contributed by atoms with van der Waals surface area (Å²) in [5, 5.41) is 5.91. The predicted octanol–water partition coefficient (Wildman–Crippen LogP) is 3.85. The van der Waals surface area contributed by atoms with Crippen LogP contribution in [0.3, 0.4) is 0 Å². The summed E-state index contributed by atoms with van der Waals surface area (Å²) in [6.45, 7) is 2.97. The highest BCUT2D eigenvalue weighted by Gasteiger charge is 2.31. The molecule has 3 aromatic rings. The quantitative estimate of drug-likeness (QED) is 0.406. The van der Waals surface area contributed by atoms with Crippen LogP contribution in [0, 0.1) is 5.92 Å². The fourth-order valence-electron chi connectivity index (χ4n) is 4.14. The number of piperidine rings is 1. The van der Waals surface area contributed by atoms with Crippen molar-refractivity contribution in [2.24, 2.45) is 11.0 Å². The lowest BCUT2D eigenvalue weighted by Gasteiger charge is -2.30. The third kappa shape index (κ3) is 5.46. The van der Waals surface area contributed by atoms with Crippen molar-refractivity contribution in [3.8, 4) is 0 Å². The topological polar surface area (TPSA) is 83.8 Å². The zero-order chi connectivity index (χ0) is 23.4. The standard InChI is InChI=1S/C24H27ClN4O3S/c1-2-33(31,32)29-13-5-6-19(17-29)24(30)27-26-14-20-16-28(23-8-4-3-7-22(20)23)15-18-9-11-21(25)12-10-18/h3-4,7-12,14,16,19H,2,5-6,13,15,17H2,1H3,(H,27,30)/b26-14-/t19-/m1/s1. The summed E-state index contributed by atoms with van der Waals surface area (Å²) >= 11 is 6.00. The van der Waals surface area contributed by atoms with Crippen LogP contribution in [-0.2, 0) is 21.4 Å². The number of hydrogen-bond acceptors (Lipinski definition) is 4. The third-order valence-corrected chi connectivity index (χ3v) is 8.08. The van der Waals surface area contributed by atoms with Gasteiger partial charge in [-0.2, -0.15) is 5.10 Å². The number of halogens is 1. The second-order valence-corrected chi connectivity index (χ2v) is 10.9. The van der Waals surface area contributed by atoms with Crippen LogP contribution in [0.2, 0.25) is 5.02 Å². The molecule has 33 heavy (non-hydrogen) atoms. The average molecular weight is 487 g/mol. The van der Waals surface area contributed by atoms with Gasteiger partial charge >= 0.3 is 0 Å². The smallest absolute Gasteiger partial charge is 0.244 e. The fourth-order valence-corrected chi connectivity index (χ4v) is 5.45. The molecule has 1 fully saturated rings. The van der Waals surface area contributed by atoms with E-state index in [0.717, 1.165) is 22.0 Å². The number of nitrogens with zero attached hydrogens (tertiary/aromatic N) is 3. The van der Waals surface area contributed by atoms with E-state index in [4.69, 9.17) is 11.6 Å². The number of para-hydroxylation sites is 1. The van der Waals surface area contributed by atoms with Gasteiger partial charge in [0, 0.05) is 47.3 Å². The molecule has 9 heteroatoms. The third-order valence-electron chi connectivity index (χ3n) is 5.98. The molecule has 174 valence electrons. The highest BCUT2D eigenvalue weighted by Crippen LogP contribution is 2.22. The maximum atomic E-state index is 12.6. The number of rotatable bonds is 7. The van der Waals surface area contributed by atoms with Crippen LogP contribution >= 0.6 is 11.6 Å². The number of fused-ring (bicyclic) bond motifs is 1. The van der Waals surface area contributed by atoms with Crippen LogP contribution in [-0.4, -0.2) is 48.3 Å². The molecule has 0 saturated carbocycles. The van der Waals surface area contributed by atoms with E-state index >= 15 is 0 Å². The number of carbonyl (C=O) groups is 1. The molecule has 1 aliphatic rings. The maximum Gasteiger partial charge on any atom is 0.244 e. The summed E-state index contributed by atoms with van der Waals surface area (Å²) in [5.74, 6) is -0.616. The first-order valence-corrected chi connectivity index (χ1v) is 13.0. The Labute approximate surface area is 199 Å². The van der Waals surface area contributed by atoms with Crippen molar-refractivity contribution in [2.45, 2.75) is 26.3 Å². The fraction of sp³-hybridized carbons (Fsp3) is 0.333. The van der Waals surface area contributed by atoms with E-state index in [1.54, 1.807) is 13.1 Å². The van der Waals surface area contributed by atoms with Gasteiger partial charge in [0.05, 0.1) is 17.9 Å². The molecule has 0 unspecified atom stereocenters. The average Bonchev–Trinajstić information content (AvgIpc) is 3.18. The van der Waals surface area contributed by atoms with Gasteiger partial charge in [-0.05, 0) is 43.5 Å². The Hall–Kier alpha value is -2.68. The van der Waals surface area contributed by atoms with Crippen molar-refractivity contribution in [2.75, 3.05) is 18.8 Å². The number of hydrogen-bond donors (Lipinski definition) is 1. The first-order valence-electron chi connectivity index (χ1n) is 11.0. The molecule has 7 nitrogen and oxygen atoms in total. The van der Waals surface area contributed by atoms with Gasteiger partial charge in [-0.25, -0.2) is 18.1 Å². The van der Waals surface area contributed by atoms with E-state index in [1.807, 2.05) is 54.7 Å². The second kappa shape index (κ2) is 10.1. The van der Waals surface area contributed by atoms with E-state index in [-0.39, 0.29) is 18.2 Å². The normalized spacial score (nSPS) is 17.6. The first-order chi connectivity index (χ1) is 15.9. The Morgan fingerprint density at radius 3 is 2.73 bits per heavy atom. The van der Waals surface area contributed by atoms with Crippen molar-refractivity contribution >= 4 is 44.6 Å². The minimum Gasteiger partial charge on any atom is -0.342 e. The number of benzene rings is 2. The molecule has 0 radical (unpaired) electrons. The lowest BCUT2D eigenvalue weighted by Crippen LogP contribution is -2.45.